The average molecular weight is 260 g/mol. The van der Waals surface area contributed by atoms with E-state index in [4.69, 9.17) is 0 Å². The van der Waals surface area contributed by atoms with Crippen LogP contribution >= 0.6 is 0 Å². The number of rotatable bonds is 6. The lowest BCUT2D eigenvalue weighted by atomic mass is 9.99. The highest BCUT2D eigenvalue weighted by molar-refractivity contribution is 5.16. The third kappa shape index (κ3) is 3.47. The standard InChI is InChI=1S/C15H24N4/c1-12(2)15(16-3)14-6-8-19(11-14)7-5-13-9-17-18(4)10-13/h6,8-12,15-16H,5,7H2,1-4H3. The summed E-state index contributed by atoms with van der Waals surface area (Å²) in [5.74, 6) is 0.596. The molecule has 19 heavy (non-hydrogen) atoms. The molecular formula is C15H24N4. The molecule has 2 aromatic rings. The largest absolute Gasteiger partial charge is 0.354 e. The first-order valence-electron chi connectivity index (χ1n) is 6.90. The highest BCUT2D eigenvalue weighted by atomic mass is 15.2. The lowest BCUT2D eigenvalue weighted by Crippen LogP contribution is -2.21. The van der Waals surface area contributed by atoms with Crippen LogP contribution in [0.4, 0.5) is 0 Å². The minimum absolute atomic E-state index is 0.430. The molecule has 104 valence electrons. The third-order valence-electron chi connectivity index (χ3n) is 3.53. The van der Waals surface area contributed by atoms with E-state index in [0.29, 0.717) is 12.0 Å². The Bertz CT molecular complexity index is 510. The van der Waals surface area contributed by atoms with Crippen molar-refractivity contribution in [3.05, 3.63) is 42.0 Å². The highest BCUT2D eigenvalue weighted by Gasteiger charge is 2.14. The van der Waals surface area contributed by atoms with E-state index in [0.717, 1.165) is 13.0 Å². The Morgan fingerprint density at radius 2 is 2.11 bits per heavy atom. The molecule has 0 aliphatic carbocycles. The summed E-state index contributed by atoms with van der Waals surface area (Å²) in [6.45, 7) is 5.49. The summed E-state index contributed by atoms with van der Waals surface area (Å²) in [7, 11) is 3.98. The molecule has 0 aliphatic heterocycles. The van der Waals surface area contributed by atoms with E-state index in [1.54, 1.807) is 0 Å². The van der Waals surface area contributed by atoms with Gasteiger partial charge >= 0.3 is 0 Å². The van der Waals surface area contributed by atoms with Gasteiger partial charge in [0.05, 0.1) is 6.20 Å². The molecule has 0 bridgehead atoms. The van der Waals surface area contributed by atoms with Gasteiger partial charge in [0.2, 0.25) is 0 Å². The van der Waals surface area contributed by atoms with Crippen molar-refractivity contribution in [2.75, 3.05) is 7.05 Å². The van der Waals surface area contributed by atoms with Crippen molar-refractivity contribution >= 4 is 0 Å². The van der Waals surface area contributed by atoms with E-state index in [1.807, 2.05) is 25.0 Å². The molecule has 4 nitrogen and oxygen atoms in total. The van der Waals surface area contributed by atoms with Crippen LogP contribution in [0.1, 0.15) is 31.0 Å². The number of nitrogens with one attached hydrogen (secondary N) is 1. The SMILES string of the molecule is CNC(c1ccn(CCc2cnn(C)c2)c1)C(C)C. The van der Waals surface area contributed by atoms with Gasteiger partial charge in [0.25, 0.3) is 0 Å². The molecular weight excluding hydrogens is 236 g/mol. The van der Waals surface area contributed by atoms with Crippen molar-refractivity contribution in [3.8, 4) is 0 Å². The zero-order valence-corrected chi connectivity index (χ0v) is 12.3. The van der Waals surface area contributed by atoms with Crippen LogP contribution in [0.3, 0.4) is 0 Å². The monoisotopic (exact) mass is 260 g/mol. The molecule has 0 amide bonds. The van der Waals surface area contributed by atoms with Crippen LogP contribution in [0, 0.1) is 5.92 Å². The quantitative estimate of drug-likeness (QED) is 0.865. The summed E-state index contributed by atoms with van der Waals surface area (Å²) >= 11 is 0. The summed E-state index contributed by atoms with van der Waals surface area (Å²) in [6.07, 6.45) is 9.45. The van der Waals surface area contributed by atoms with Gasteiger partial charge in [0, 0.05) is 38.2 Å². The maximum absolute atomic E-state index is 4.20. The smallest absolute Gasteiger partial charge is 0.0522 e. The number of aryl methyl sites for hydroxylation is 3. The molecule has 4 heteroatoms. The van der Waals surface area contributed by atoms with Crippen molar-refractivity contribution < 1.29 is 0 Å². The third-order valence-corrected chi connectivity index (χ3v) is 3.53. The van der Waals surface area contributed by atoms with Gasteiger partial charge in [-0.15, -0.1) is 0 Å². The van der Waals surface area contributed by atoms with E-state index in [9.17, 15) is 0 Å². The fraction of sp³-hybridized carbons (Fsp3) is 0.533. The Labute approximate surface area is 115 Å². The molecule has 2 heterocycles. The summed E-state index contributed by atoms with van der Waals surface area (Å²) in [6, 6.07) is 2.64. The lowest BCUT2D eigenvalue weighted by molar-refractivity contribution is 0.442. The van der Waals surface area contributed by atoms with Gasteiger partial charge in [-0.2, -0.15) is 5.10 Å². The zero-order chi connectivity index (χ0) is 13.8. The topological polar surface area (TPSA) is 34.8 Å². The van der Waals surface area contributed by atoms with Gasteiger partial charge in [-0.05, 0) is 36.6 Å². The van der Waals surface area contributed by atoms with Crippen molar-refractivity contribution in [2.45, 2.75) is 32.9 Å². The summed E-state index contributed by atoms with van der Waals surface area (Å²) < 4.78 is 4.11. The van der Waals surface area contributed by atoms with Crippen molar-refractivity contribution in [1.29, 1.82) is 0 Å². The van der Waals surface area contributed by atoms with Gasteiger partial charge in [-0.3, -0.25) is 4.68 Å². The predicted octanol–water partition coefficient (Wildman–Crippen LogP) is 2.38. The first kappa shape index (κ1) is 13.9. The van der Waals surface area contributed by atoms with Gasteiger partial charge in [-0.1, -0.05) is 13.8 Å². The number of aromatic nitrogens is 3. The maximum Gasteiger partial charge on any atom is 0.0522 e. The van der Waals surface area contributed by atoms with Crippen LogP contribution in [0.2, 0.25) is 0 Å². The predicted molar refractivity (Wildman–Crippen MR) is 78.0 cm³/mol. The molecule has 0 saturated heterocycles. The molecule has 0 spiro atoms. The van der Waals surface area contributed by atoms with E-state index < -0.39 is 0 Å². The van der Waals surface area contributed by atoms with Crippen LogP contribution in [0.25, 0.3) is 0 Å². The molecule has 1 unspecified atom stereocenters. The van der Waals surface area contributed by atoms with Gasteiger partial charge in [-0.25, -0.2) is 0 Å². The zero-order valence-electron chi connectivity index (χ0n) is 12.3. The number of nitrogens with zero attached hydrogens (tertiary/aromatic N) is 3. The van der Waals surface area contributed by atoms with Crippen LogP contribution in [0.5, 0.6) is 0 Å². The molecule has 2 rings (SSSR count). The first-order chi connectivity index (χ1) is 9.10. The second-order valence-corrected chi connectivity index (χ2v) is 5.47. The Morgan fingerprint density at radius 1 is 1.32 bits per heavy atom. The summed E-state index contributed by atoms with van der Waals surface area (Å²) in [4.78, 5) is 0. The fourth-order valence-corrected chi connectivity index (χ4v) is 2.53. The normalized spacial score (nSPS) is 13.1. The van der Waals surface area contributed by atoms with Crippen LogP contribution in [0.15, 0.2) is 30.9 Å². The molecule has 0 radical (unpaired) electrons. The van der Waals surface area contributed by atoms with Crippen molar-refractivity contribution in [3.63, 3.8) is 0 Å². The van der Waals surface area contributed by atoms with Gasteiger partial charge < -0.3 is 9.88 Å². The molecule has 1 atom stereocenters. The average Bonchev–Trinajstić information content (AvgIpc) is 2.96. The Morgan fingerprint density at radius 3 is 2.68 bits per heavy atom. The second kappa shape index (κ2) is 6.06. The van der Waals surface area contributed by atoms with Gasteiger partial charge in [0.1, 0.15) is 0 Å². The van der Waals surface area contributed by atoms with E-state index in [-0.39, 0.29) is 0 Å². The minimum atomic E-state index is 0.430. The molecule has 0 aliphatic rings. The molecule has 2 aromatic heterocycles. The minimum Gasteiger partial charge on any atom is -0.354 e. The second-order valence-electron chi connectivity index (χ2n) is 5.47. The molecule has 0 fully saturated rings. The van der Waals surface area contributed by atoms with E-state index in [2.05, 4.69) is 53.5 Å². The Balaban J connectivity index is 1.97. The fourth-order valence-electron chi connectivity index (χ4n) is 2.53. The molecule has 1 N–H and O–H groups in total. The van der Waals surface area contributed by atoms with Crippen LogP contribution in [-0.4, -0.2) is 21.4 Å². The van der Waals surface area contributed by atoms with Crippen LogP contribution < -0.4 is 5.32 Å². The first-order valence-corrected chi connectivity index (χ1v) is 6.90. The Kier molecular flexibility index (Phi) is 4.43. The molecule has 0 aromatic carbocycles. The van der Waals surface area contributed by atoms with E-state index >= 15 is 0 Å². The number of hydrogen-bond acceptors (Lipinski definition) is 2. The molecule has 0 saturated carbocycles. The van der Waals surface area contributed by atoms with Crippen LogP contribution in [-0.2, 0) is 20.0 Å². The maximum atomic E-state index is 4.20. The van der Waals surface area contributed by atoms with Crippen molar-refractivity contribution in [1.82, 2.24) is 19.7 Å². The highest BCUT2D eigenvalue weighted by Crippen LogP contribution is 2.21. The number of hydrogen-bond donors (Lipinski definition) is 1. The van der Waals surface area contributed by atoms with E-state index in [1.165, 1.54) is 11.1 Å². The summed E-state index contributed by atoms with van der Waals surface area (Å²) in [5, 5.41) is 7.58. The van der Waals surface area contributed by atoms with Crippen molar-refractivity contribution in [2.24, 2.45) is 13.0 Å². The lowest BCUT2D eigenvalue weighted by Gasteiger charge is -2.18. The Hall–Kier alpha value is -1.55. The summed E-state index contributed by atoms with van der Waals surface area (Å²) in [5.41, 5.74) is 2.65. The van der Waals surface area contributed by atoms with Gasteiger partial charge in [0.15, 0.2) is 0 Å².